The third-order valence-corrected chi connectivity index (χ3v) is 12.9. The number of ether oxygens (including phenoxy) is 3. The number of hydrogen-bond donors (Lipinski definition) is 7. The van der Waals surface area contributed by atoms with Gasteiger partial charge in [-0.05, 0) is 96.3 Å². The molecule has 1 saturated heterocycles. The molecule has 400 valence electrons. The van der Waals surface area contributed by atoms with Crippen LogP contribution in [0.4, 0.5) is 0 Å². The lowest BCUT2D eigenvalue weighted by molar-refractivity contribution is -0.216. The molecule has 0 aromatic carbocycles. The fourth-order valence-electron chi connectivity index (χ4n) is 7.33. The Bertz CT molecular complexity index is 1740. The fraction of sp³-hybridized carbons (Fsp3) is 0.686. The predicted octanol–water partition coefficient (Wildman–Crippen LogP) is 9.16. The van der Waals surface area contributed by atoms with Crippen LogP contribution in [0.2, 0.25) is 0 Å². The molecule has 1 saturated carbocycles. The first-order valence-electron chi connectivity index (χ1n) is 25.3. The van der Waals surface area contributed by atoms with E-state index in [-0.39, 0.29) is 25.0 Å². The number of aliphatic hydroxyl groups excluding tert-OH is 4. The van der Waals surface area contributed by atoms with Gasteiger partial charge in [-0.1, -0.05) is 131 Å². The minimum Gasteiger partial charge on any atom is -0.462 e. The van der Waals surface area contributed by atoms with Crippen molar-refractivity contribution in [3.63, 3.8) is 0 Å². The molecule has 0 amide bonds. The van der Waals surface area contributed by atoms with E-state index in [9.17, 15) is 53.8 Å². The molecule has 2 rings (SSSR count). The van der Waals surface area contributed by atoms with Crippen molar-refractivity contribution < 1.29 is 81.6 Å². The summed E-state index contributed by atoms with van der Waals surface area (Å²) < 4.78 is 55.2. The predicted molar refractivity (Wildman–Crippen MR) is 268 cm³/mol. The summed E-state index contributed by atoms with van der Waals surface area (Å²) in [7, 11) is -10.7. The minimum absolute atomic E-state index is 0.0198. The molecule has 17 nitrogen and oxygen atoms in total. The van der Waals surface area contributed by atoms with E-state index in [4.69, 9.17) is 23.3 Å². The second-order valence-electron chi connectivity index (χ2n) is 17.6. The summed E-state index contributed by atoms with van der Waals surface area (Å²) in [5.41, 5.74) is 0. The lowest BCUT2D eigenvalue weighted by Crippen LogP contribution is -2.64. The first-order valence-corrected chi connectivity index (χ1v) is 28.3. The highest BCUT2D eigenvalue weighted by Gasteiger charge is 2.54. The maximum Gasteiger partial charge on any atom is 0.472 e. The maximum absolute atomic E-state index is 13.0. The summed E-state index contributed by atoms with van der Waals surface area (Å²) in [6.45, 7) is 2.96. The zero-order valence-corrected chi connectivity index (χ0v) is 43.1. The summed E-state index contributed by atoms with van der Waals surface area (Å²) in [5, 5.41) is 41.3. The van der Waals surface area contributed by atoms with Gasteiger partial charge in [-0.3, -0.25) is 23.2 Å². The Labute approximate surface area is 416 Å². The Morgan fingerprint density at radius 3 is 1.51 bits per heavy atom. The van der Waals surface area contributed by atoms with Crippen LogP contribution in [0.3, 0.4) is 0 Å². The highest BCUT2D eigenvalue weighted by Crippen LogP contribution is 2.49. The lowest BCUT2D eigenvalue weighted by Gasteiger charge is -2.43. The van der Waals surface area contributed by atoms with Crippen molar-refractivity contribution in [2.45, 2.75) is 210 Å². The van der Waals surface area contributed by atoms with Gasteiger partial charge < -0.3 is 49.3 Å². The van der Waals surface area contributed by atoms with Gasteiger partial charge in [-0.2, -0.15) is 0 Å². The molecule has 10 atom stereocenters. The minimum atomic E-state index is -5.38. The number of unbranched alkanes of at least 4 members (excludes halogenated alkanes) is 9. The topological polar surface area (TPSA) is 269 Å². The van der Waals surface area contributed by atoms with Gasteiger partial charge in [0.1, 0.15) is 43.2 Å². The molecule has 7 unspecified atom stereocenters. The Hall–Kier alpha value is -2.86. The molecule has 1 heterocycles. The molecular formula is C51H84O17P2. The van der Waals surface area contributed by atoms with Crippen LogP contribution in [-0.4, -0.2) is 115 Å². The smallest absolute Gasteiger partial charge is 0.462 e. The van der Waals surface area contributed by atoms with E-state index in [1.807, 2.05) is 0 Å². The van der Waals surface area contributed by atoms with Gasteiger partial charge >= 0.3 is 27.6 Å². The van der Waals surface area contributed by atoms with E-state index in [1.165, 1.54) is 38.5 Å². The van der Waals surface area contributed by atoms with Gasteiger partial charge in [0.25, 0.3) is 0 Å². The molecule has 2 fully saturated rings. The van der Waals surface area contributed by atoms with E-state index in [0.29, 0.717) is 19.3 Å². The van der Waals surface area contributed by atoms with Crippen molar-refractivity contribution >= 4 is 27.6 Å². The monoisotopic (exact) mass is 1030 g/mol. The van der Waals surface area contributed by atoms with Crippen molar-refractivity contribution in [2.75, 3.05) is 13.2 Å². The summed E-state index contributed by atoms with van der Waals surface area (Å²) in [6.07, 6.45) is 34.0. The first kappa shape index (κ1) is 63.3. The summed E-state index contributed by atoms with van der Waals surface area (Å²) in [4.78, 5) is 54.5. The van der Waals surface area contributed by atoms with Crippen molar-refractivity contribution in [3.8, 4) is 0 Å². The molecule has 0 aromatic heterocycles. The van der Waals surface area contributed by atoms with Crippen LogP contribution in [0, 0.1) is 0 Å². The Balaban J connectivity index is 1.82. The molecular weight excluding hydrogens is 946 g/mol. The highest BCUT2D eigenvalue weighted by molar-refractivity contribution is 7.47. The van der Waals surface area contributed by atoms with Crippen LogP contribution >= 0.6 is 15.6 Å². The van der Waals surface area contributed by atoms with Crippen LogP contribution in [0.5, 0.6) is 0 Å². The van der Waals surface area contributed by atoms with Gasteiger partial charge in [-0.15, -0.1) is 0 Å². The van der Waals surface area contributed by atoms with Gasteiger partial charge in [0.05, 0.1) is 18.8 Å². The van der Waals surface area contributed by atoms with E-state index >= 15 is 0 Å². The normalized spacial score (nSPS) is 24.6. The molecule has 0 radical (unpaired) electrons. The van der Waals surface area contributed by atoms with Crippen molar-refractivity contribution in [1.82, 2.24) is 0 Å². The number of allylic oxidation sites excluding steroid dienone is 13. The Kier molecular flexibility index (Phi) is 34.2. The molecule has 0 bridgehead atoms. The molecule has 1 aliphatic carbocycles. The number of carbonyl (C=O) groups is 2. The molecule has 7 N–H and O–H groups in total. The summed E-state index contributed by atoms with van der Waals surface area (Å²) in [5.74, 6) is -1.32. The van der Waals surface area contributed by atoms with Crippen LogP contribution in [-0.2, 0) is 46.5 Å². The SMILES string of the molecule is CCCCC/C=C\C/C=C\C/C=C\C/C=C\CCCCCC(=O)OC[C@H](COP(=O)(O)O[C@H]1C(O)C(O)C(O)[C@@H](OP(=O)(O)O)C1O)OC(=O)CCCC1OC1C/C=C\C/C=C\C/C=C\CCCCC. The van der Waals surface area contributed by atoms with Gasteiger partial charge in [0.15, 0.2) is 6.10 Å². The van der Waals surface area contributed by atoms with Gasteiger partial charge in [-0.25, -0.2) is 9.13 Å². The fourth-order valence-corrected chi connectivity index (χ4v) is 8.87. The lowest BCUT2D eigenvalue weighted by atomic mass is 9.85. The van der Waals surface area contributed by atoms with E-state index in [0.717, 1.165) is 70.6 Å². The quantitative estimate of drug-likeness (QED) is 0.00991. The van der Waals surface area contributed by atoms with Gasteiger partial charge in [0.2, 0.25) is 0 Å². The number of rotatable bonds is 40. The zero-order chi connectivity index (χ0) is 51.5. The third-order valence-electron chi connectivity index (χ3n) is 11.4. The average Bonchev–Trinajstić information content (AvgIpc) is 4.07. The molecule has 70 heavy (non-hydrogen) atoms. The standard InChI is InChI=1S/C51H84O17P2/c1-3-5-7-9-11-13-15-17-18-19-20-21-22-23-25-27-29-31-33-37-44(52)63-39-41(40-64-70(61,62)68-51-48(56)46(54)47(55)50(49(51)57)67-69(58,59)60)65-45(53)38-34-36-43-42(66-43)35-32-30-28-26-24-16-14-12-10-8-6-4-2/h11-14,17-18,20-21,23-26,30,32,41-43,46-51,54-57H,3-10,15-16,19,22,27-29,31,33-40H2,1-2H3,(H,61,62)(H2,58,59,60)/b13-11-,14-12-,18-17-,21-20-,25-23-,26-24-,32-30-/t41-,42?,43?,46?,47?,48?,49?,50-,51+/m1/s1. The van der Waals surface area contributed by atoms with E-state index < -0.39 is 83.5 Å². The number of aliphatic hydroxyl groups is 4. The van der Waals surface area contributed by atoms with Crippen LogP contribution in [0.1, 0.15) is 155 Å². The summed E-state index contributed by atoms with van der Waals surface area (Å²) in [6, 6.07) is 0. The second kappa shape index (κ2) is 37.8. The highest BCUT2D eigenvalue weighted by atomic mass is 31.2. The molecule has 2 aliphatic rings. The van der Waals surface area contributed by atoms with Crippen molar-refractivity contribution in [1.29, 1.82) is 0 Å². The number of carbonyl (C=O) groups excluding carboxylic acids is 2. The molecule has 0 spiro atoms. The zero-order valence-electron chi connectivity index (χ0n) is 41.4. The first-order chi connectivity index (χ1) is 33.6. The summed E-state index contributed by atoms with van der Waals surface area (Å²) >= 11 is 0. The molecule has 0 aromatic rings. The number of phosphoric ester groups is 2. The largest absolute Gasteiger partial charge is 0.472 e. The Morgan fingerprint density at radius 1 is 0.529 bits per heavy atom. The number of esters is 2. The maximum atomic E-state index is 13.0. The van der Waals surface area contributed by atoms with Gasteiger partial charge in [0, 0.05) is 12.8 Å². The number of hydrogen-bond acceptors (Lipinski definition) is 14. The second-order valence-corrected chi connectivity index (χ2v) is 20.2. The third kappa shape index (κ3) is 30.9. The Morgan fingerprint density at radius 2 is 1.00 bits per heavy atom. The average molecular weight is 1030 g/mol. The van der Waals surface area contributed by atoms with Crippen LogP contribution < -0.4 is 0 Å². The van der Waals surface area contributed by atoms with Crippen LogP contribution in [0.25, 0.3) is 0 Å². The molecule has 1 aliphatic heterocycles. The van der Waals surface area contributed by atoms with E-state index in [2.05, 4.69) is 103 Å². The van der Waals surface area contributed by atoms with Crippen LogP contribution in [0.15, 0.2) is 85.1 Å². The van der Waals surface area contributed by atoms with Crippen molar-refractivity contribution in [2.24, 2.45) is 0 Å². The number of phosphoric acid groups is 2. The van der Waals surface area contributed by atoms with E-state index in [1.54, 1.807) is 0 Å². The number of epoxide rings is 1. The molecule has 19 heteroatoms. The van der Waals surface area contributed by atoms with Crippen molar-refractivity contribution in [3.05, 3.63) is 85.1 Å².